The Hall–Kier alpha value is -2.28. The zero-order valence-electron chi connectivity index (χ0n) is 8.48. The van der Waals surface area contributed by atoms with Crippen LogP contribution in [-0.2, 0) is 0 Å². The molecule has 6 nitrogen and oxygen atoms in total. The quantitative estimate of drug-likeness (QED) is 0.514. The number of benzene rings is 1. The molecule has 0 atom stereocenters. The van der Waals surface area contributed by atoms with Gasteiger partial charge in [-0.3, -0.25) is 10.1 Å². The average molecular weight is 249 g/mol. The number of aromatic nitrogens is 1. The summed E-state index contributed by atoms with van der Waals surface area (Å²) in [6.45, 7) is 0. The molecule has 0 aliphatic heterocycles. The number of phenolic OH excluding ortho intramolecular Hbond substituents is 1. The van der Waals surface area contributed by atoms with E-state index in [0.29, 0.717) is 10.7 Å². The first-order valence-corrected chi connectivity index (χ1v) is 5.40. The van der Waals surface area contributed by atoms with Crippen molar-refractivity contribution in [3.63, 3.8) is 0 Å². The van der Waals surface area contributed by atoms with Crippen LogP contribution in [0, 0.1) is 10.1 Å². The van der Waals surface area contributed by atoms with Gasteiger partial charge in [0.25, 0.3) is 0 Å². The molecule has 2 rings (SSSR count). The number of aromatic hydroxyl groups is 1. The summed E-state index contributed by atoms with van der Waals surface area (Å²) in [4.78, 5) is 17.7. The van der Waals surface area contributed by atoms with Crippen molar-refractivity contribution >= 4 is 27.7 Å². The third-order valence-corrected chi connectivity index (χ3v) is 2.71. The first-order chi connectivity index (χ1) is 8.15. The van der Waals surface area contributed by atoms with Gasteiger partial charge in [0.1, 0.15) is 11.9 Å². The van der Waals surface area contributed by atoms with E-state index in [0.717, 1.165) is 11.3 Å². The Balaban J connectivity index is 2.17. The second-order valence-electron chi connectivity index (χ2n) is 3.09. The first-order valence-electron chi connectivity index (χ1n) is 4.58. The molecule has 7 heteroatoms. The van der Waals surface area contributed by atoms with Crippen molar-refractivity contribution in [3.8, 4) is 5.75 Å². The number of hydrogen-bond acceptors (Lipinski definition) is 6. The topological polar surface area (TPSA) is 88.6 Å². The molecule has 1 N–H and O–H groups in total. The van der Waals surface area contributed by atoms with E-state index in [-0.39, 0.29) is 10.8 Å². The lowest BCUT2D eigenvalue weighted by molar-refractivity contribution is -0.380. The minimum Gasteiger partial charge on any atom is -0.508 e. The molecule has 0 unspecified atom stereocenters. The van der Waals surface area contributed by atoms with E-state index in [2.05, 4.69) is 9.98 Å². The normalized spacial score (nSPS) is 10.8. The number of thiazole rings is 1. The van der Waals surface area contributed by atoms with Gasteiger partial charge in [0.2, 0.25) is 5.13 Å². The van der Waals surface area contributed by atoms with E-state index in [1.165, 1.54) is 18.5 Å². The van der Waals surface area contributed by atoms with Crippen molar-refractivity contribution in [3.05, 3.63) is 46.1 Å². The monoisotopic (exact) mass is 249 g/mol. The van der Waals surface area contributed by atoms with Crippen molar-refractivity contribution in [1.29, 1.82) is 0 Å². The Labute approximate surface area is 100 Å². The van der Waals surface area contributed by atoms with Crippen LogP contribution in [0.2, 0.25) is 0 Å². The Morgan fingerprint density at radius 2 is 2.35 bits per heavy atom. The molecule has 2 aromatic rings. The van der Waals surface area contributed by atoms with Gasteiger partial charge in [-0.2, -0.15) is 0 Å². The highest BCUT2D eigenvalue weighted by atomic mass is 32.1. The average Bonchev–Trinajstić information content (AvgIpc) is 2.75. The van der Waals surface area contributed by atoms with Crippen molar-refractivity contribution in [1.82, 2.24) is 4.98 Å². The molecule has 0 bridgehead atoms. The highest BCUT2D eigenvalue weighted by Crippen LogP contribution is 2.27. The number of phenols is 1. The minimum atomic E-state index is -0.509. The van der Waals surface area contributed by atoms with E-state index < -0.39 is 4.92 Å². The predicted octanol–water partition coefficient (Wildman–Crippen LogP) is 2.51. The molecule has 1 aromatic heterocycles. The molecule has 86 valence electrons. The smallest absolute Gasteiger partial charge is 0.345 e. The van der Waals surface area contributed by atoms with Crippen LogP contribution in [0.1, 0.15) is 5.56 Å². The maximum Gasteiger partial charge on any atom is 0.345 e. The Kier molecular flexibility index (Phi) is 3.10. The number of rotatable bonds is 3. The molecule has 0 saturated heterocycles. The van der Waals surface area contributed by atoms with Gasteiger partial charge in [0.05, 0.1) is 4.92 Å². The maximum absolute atomic E-state index is 10.4. The summed E-state index contributed by atoms with van der Waals surface area (Å²) in [7, 11) is 0. The van der Waals surface area contributed by atoms with Gasteiger partial charge in [-0.1, -0.05) is 12.1 Å². The summed E-state index contributed by atoms with van der Waals surface area (Å²) in [5.74, 6) is 0.138. The molecular formula is C10H7N3O3S. The van der Waals surface area contributed by atoms with Crippen molar-refractivity contribution < 1.29 is 10.0 Å². The summed E-state index contributed by atoms with van der Waals surface area (Å²) in [5, 5.41) is 19.9. The molecule has 17 heavy (non-hydrogen) atoms. The lowest BCUT2D eigenvalue weighted by Crippen LogP contribution is -1.80. The molecule has 0 aliphatic rings. The van der Waals surface area contributed by atoms with Crippen LogP contribution in [0.4, 0.5) is 10.1 Å². The summed E-state index contributed by atoms with van der Waals surface area (Å²) in [6.07, 6.45) is 2.65. The van der Waals surface area contributed by atoms with Gasteiger partial charge >= 0.3 is 5.00 Å². The first kappa shape index (κ1) is 11.2. The van der Waals surface area contributed by atoms with Gasteiger partial charge in [-0.05, 0) is 29.0 Å². The maximum atomic E-state index is 10.4. The highest BCUT2D eigenvalue weighted by molar-refractivity contribution is 7.18. The lowest BCUT2D eigenvalue weighted by atomic mass is 10.2. The third-order valence-electron chi connectivity index (χ3n) is 1.86. The summed E-state index contributed by atoms with van der Waals surface area (Å²) >= 11 is 0.894. The van der Waals surface area contributed by atoms with E-state index in [4.69, 9.17) is 0 Å². The van der Waals surface area contributed by atoms with E-state index in [1.54, 1.807) is 18.2 Å². The second-order valence-corrected chi connectivity index (χ2v) is 4.08. The fraction of sp³-hybridized carbons (Fsp3) is 0. The molecule has 1 heterocycles. The molecule has 1 aromatic carbocycles. The fourth-order valence-corrected chi connectivity index (χ4v) is 1.71. The number of aliphatic imine (C=N–C) groups is 1. The zero-order chi connectivity index (χ0) is 12.3. The van der Waals surface area contributed by atoms with Gasteiger partial charge in [0, 0.05) is 6.21 Å². The van der Waals surface area contributed by atoms with Gasteiger partial charge in [0.15, 0.2) is 0 Å². The molecule has 0 saturated carbocycles. The molecule has 0 fully saturated rings. The molecule has 0 aliphatic carbocycles. The fourth-order valence-electron chi connectivity index (χ4n) is 1.14. The Bertz CT molecular complexity index is 580. The van der Waals surface area contributed by atoms with E-state index in [9.17, 15) is 15.2 Å². The van der Waals surface area contributed by atoms with Crippen LogP contribution in [0.15, 0.2) is 35.5 Å². The summed E-state index contributed by atoms with van der Waals surface area (Å²) in [6, 6.07) is 6.52. The van der Waals surface area contributed by atoms with Crippen LogP contribution in [-0.4, -0.2) is 21.2 Å². The second kappa shape index (κ2) is 4.71. The van der Waals surface area contributed by atoms with Crippen LogP contribution in [0.3, 0.4) is 0 Å². The van der Waals surface area contributed by atoms with Gasteiger partial charge < -0.3 is 5.11 Å². The highest BCUT2D eigenvalue weighted by Gasteiger charge is 2.09. The van der Waals surface area contributed by atoms with Crippen molar-refractivity contribution in [2.45, 2.75) is 0 Å². The van der Waals surface area contributed by atoms with Crippen LogP contribution >= 0.6 is 11.3 Å². The zero-order valence-corrected chi connectivity index (χ0v) is 9.29. The number of nitrogens with zero attached hydrogens (tertiary/aromatic N) is 3. The Morgan fingerprint density at radius 3 is 3.00 bits per heavy atom. The van der Waals surface area contributed by atoms with Gasteiger partial charge in [-0.15, -0.1) is 0 Å². The molecule has 0 radical (unpaired) electrons. The largest absolute Gasteiger partial charge is 0.508 e. The lowest BCUT2D eigenvalue weighted by Gasteiger charge is -1.92. The minimum absolute atomic E-state index is 0.0481. The standard InChI is InChI=1S/C10H7N3O3S/c14-8-3-1-2-7(4-8)5-11-10-12-6-9(17-10)13(15)16/h1-6,14H/b11-5-. The van der Waals surface area contributed by atoms with Crippen LogP contribution in [0.25, 0.3) is 0 Å². The van der Waals surface area contributed by atoms with Crippen molar-refractivity contribution in [2.24, 2.45) is 4.99 Å². The Morgan fingerprint density at radius 1 is 1.53 bits per heavy atom. The predicted molar refractivity (Wildman–Crippen MR) is 64.1 cm³/mol. The number of nitro groups is 1. The third kappa shape index (κ3) is 2.85. The van der Waals surface area contributed by atoms with Crippen molar-refractivity contribution in [2.75, 3.05) is 0 Å². The molecule has 0 amide bonds. The summed E-state index contributed by atoms with van der Waals surface area (Å²) < 4.78 is 0. The molecular weight excluding hydrogens is 242 g/mol. The van der Waals surface area contributed by atoms with Gasteiger partial charge in [-0.25, -0.2) is 9.98 Å². The van der Waals surface area contributed by atoms with E-state index in [1.807, 2.05) is 0 Å². The van der Waals surface area contributed by atoms with Crippen LogP contribution < -0.4 is 0 Å². The van der Waals surface area contributed by atoms with Crippen LogP contribution in [0.5, 0.6) is 5.75 Å². The van der Waals surface area contributed by atoms with E-state index >= 15 is 0 Å². The SMILES string of the molecule is O=[N+]([O-])c1cnc(/N=C\c2cccc(O)c2)s1. The molecule has 0 spiro atoms. The summed E-state index contributed by atoms with van der Waals surface area (Å²) in [5.41, 5.74) is 0.697. The number of hydrogen-bond donors (Lipinski definition) is 1.